The number of hydrogen-bond acceptors (Lipinski definition) is 4. The van der Waals surface area contributed by atoms with E-state index in [-0.39, 0.29) is 17.6 Å². The minimum atomic E-state index is -0.584. The molecule has 30 heavy (non-hydrogen) atoms. The number of nitrogens with one attached hydrogen (secondary N) is 1. The van der Waals surface area contributed by atoms with Crippen molar-refractivity contribution in [1.82, 2.24) is 4.57 Å². The van der Waals surface area contributed by atoms with E-state index in [9.17, 15) is 9.59 Å². The van der Waals surface area contributed by atoms with Crippen LogP contribution in [0.2, 0.25) is 5.15 Å². The molecule has 0 aliphatic carbocycles. The lowest BCUT2D eigenvalue weighted by molar-refractivity contribution is 0.00706. The summed E-state index contributed by atoms with van der Waals surface area (Å²) >= 11 is 6.28. The van der Waals surface area contributed by atoms with Gasteiger partial charge in [-0.25, -0.2) is 4.79 Å². The molecule has 6 heteroatoms. The topological polar surface area (TPSA) is 60.3 Å². The normalized spacial score (nSPS) is 12.6. The summed E-state index contributed by atoms with van der Waals surface area (Å²) in [6, 6.07) is 12.8. The number of hydrogen-bond donors (Lipinski definition) is 1. The molecule has 0 aliphatic heterocycles. The van der Waals surface area contributed by atoms with Crippen LogP contribution < -0.4 is 10.9 Å². The standard InChI is InChI=1S/C24H27ClN2O3/c1-14-11-17(18-13-21(25)27(6)22(28)19(18)12-14)15(2)26-20-10-8-7-9-16(20)23(29)30-24(3,4)5/h7-13,15,26H,1-6H3. The van der Waals surface area contributed by atoms with Crippen molar-refractivity contribution >= 4 is 34.0 Å². The number of halogens is 1. The third-order valence-corrected chi connectivity index (χ3v) is 5.22. The highest BCUT2D eigenvalue weighted by Crippen LogP contribution is 2.30. The quantitative estimate of drug-likeness (QED) is 0.434. The van der Waals surface area contributed by atoms with Crippen LogP contribution in [-0.2, 0) is 11.8 Å². The van der Waals surface area contributed by atoms with Crippen LogP contribution in [-0.4, -0.2) is 16.1 Å². The van der Waals surface area contributed by atoms with Gasteiger partial charge in [0.15, 0.2) is 0 Å². The highest BCUT2D eigenvalue weighted by molar-refractivity contribution is 6.30. The molecule has 3 rings (SSSR count). The summed E-state index contributed by atoms with van der Waals surface area (Å²) in [5.74, 6) is -0.385. The molecular weight excluding hydrogens is 400 g/mol. The van der Waals surface area contributed by atoms with Gasteiger partial charge in [0.1, 0.15) is 10.8 Å². The first-order valence-electron chi connectivity index (χ1n) is 9.86. The average Bonchev–Trinajstić information content (AvgIpc) is 2.65. The highest BCUT2D eigenvalue weighted by Gasteiger charge is 2.21. The number of rotatable bonds is 4. The van der Waals surface area contributed by atoms with Gasteiger partial charge >= 0.3 is 5.97 Å². The van der Waals surface area contributed by atoms with E-state index in [1.54, 1.807) is 19.2 Å². The summed E-state index contributed by atoms with van der Waals surface area (Å²) in [6.45, 7) is 9.47. The van der Waals surface area contributed by atoms with Crippen LogP contribution in [0.4, 0.5) is 5.69 Å². The molecule has 3 aromatic rings. The summed E-state index contributed by atoms with van der Waals surface area (Å²) in [4.78, 5) is 25.4. The number of carbonyl (C=O) groups is 1. The fourth-order valence-corrected chi connectivity index (χ4v) is 3.63. The average molecular weight is 427 g/mol. The lowest BCUT2D eigenvalue weighted by Gasteiger charge is -2.23. The van der Waals surface area contributed by atoms with E-state index in [2.05, 4.69) is 5.32 Å². The fourth-order valence-electron chi connectivity index (χ4n) is 3.45. The van der Waals surface area contributed by atoms with Crippen molar-refractivity contribution in [1.29, 1.82) is 0 Å². The van der Waals surface area contributed by atoms with Gasteiger partial charge in [-0.15, -0.1) is 0 Å². The summed E-state index contributed by atoms with van der Waals surface area (Å²) < 4.78 is 6.98. The number of aromatic nitrogens is 1. The molecule has 1 heterocycles. The second kappa shape index (κ2) is 8.15. The number of ether oxygens (including phenoxy) is 1. The number of nitrogens with zero attached hydrogens (tertiary/aromatic N) is 1. The molecule has 0 aliphatic rings. The molecule has 158 valence electrons. The van der Waals surface area contributed by atoms with Gasteiger partial charge in [-0.1, -0.05) is 29.8 Å². The SMILES string of the molecule is Cc1cc(C(C)Nc2ccccc2C(=O)OC(C)(C)C)c2cc(Cl)n(C)c(=O)c2c1. The number of aryl methyl sites for hydroxylation is 1. The van der Waals surface area contributed by atoms with Gasteiger partial charge < -0.3 is 14.6 Å². The van der Waals surface area contributed by atoms with Crippen LogP contribution in [0.25, 0.3) is 10.8 Å². The van der Waals surface area contributed by atoms with Crippen LogP contribution in [0.15, 0.2) is 47.3 Å². The van der Waals surface area contributed by atoms with Crippen molar-refractivity contribution in [3.8, 4) is 0 Å². The molecule has 0 saturated carbocycles. The summed E-state index contributed by atoms with van der Waals surface area (Å²) in [7, 11) is 1.66. The molecular formula is C24H27ClN2O3. The maximum atomic E-state index is 12.7. The number of pyridine rings is 1. The number of benzene rings is 2. The van der Waals surface area contributed by atoms with Crippen molar-refractivity contribution in [2.75, 3.05) is 5.32 Å². The first kappa shape index (κ1) is 21.9. The molecule has 1 unspecified atom stereocenters. The Morgan fingerprint density at radius 3 is 2.47 bits per heavy atom. The van der Waals surface area contributed by atoms with Gasteiger partial charge in [0.2, 0.25) is 0 Å². The Kier molecular flexibility index (Phi) is 5.95. The van der Waals surface area contributed by atoms with Gasteiger partial charge in [0.25, 0.3) is 5.56 Å². The second-order valence-corrected chi connectivity index (χ2v) is 8.95. The number of para-hydroxylation sites is 1. The maximum absolute atomic E-state index is 12.7. The smallest absolute Gasteiger partial charge is 0.340 e. The van der Waals surface area contributed by atoms with Crippen molar-refractivity contribution in [2.24, 2.45) is 7.05 Å². The number of carbonyl (C=O) groups excluding carboxylic acids is 1. The Balaban J connectivity index is 2.04. The Morgan fingerprint density at radius 2 is 1.80 bits per heavy atom. The van der Waals surface area contributed by atoms with Gasteiger partial charge in [-0.2, -0.15) is 0 Å². The van der Waals surface area contributed by atoms with E-state index in [4.69, 9.17) is 16.3 Å². The molecule has 1 N–H and O–H groups in total. The Bertz CT molecular complexity index is 1180. The minimum Gasteiger partial charge on any atom is -0.456 e. The molecule has 0 bridgehead atoms. The van der Waals surface area contributed by atoms with E-state index in [1.807, 2.05) is 65.0 Å². The van der Waals surface area contributed by atoms with Crippen LogP contribution in [0.5, 0.6) is 0 Å². The van der Waals surface area contributed by atoms with E-state index in [0.717, 1.165) is 16.5 Å². The van der Waals surface area contributed by atoms with Crippen LogP contribution >= 0.6 is 11.6 Å². The van der Waals surface area contributed by atoms with E-state index >= 15 is 0 Å². The molecule has 0 amide bonds. The monoisotopic (exact) mass is 426 g/mol. The molecule has 0 fully saturated rings. The molecule has 0 spiro atoms. The Hall–Kier alpha value is -2.79. The Labute approximate surface area is 181 Å². The molecule has 1 atom stereocenters. The first-order chi connectivity index (χ1) is 14.0. The van der Waals surface area contributed by atoms with Crippen molar-refractivity contribution in [3.63, 3.8) is 0 Å². The van der Waals surface area contributed by atoms with Gasteiger partial charge in [-0.3, -0.25) is 4.79 Å². The number of esters is 1. The summed E-state index contributed by atoms with van der Waals surface area (Å²) in [5, 5.41) is 5.20. The van der Waals surface area contributed by atoms with Crippen LogP contribution in [0, 0.1) is 6.92 Å². The number of anilines is 1. The summed E-state index contributed by atoms with van der Waals surface area (Å²) in [6.07, 6.45) is 0. The van der Waals surface area contributed by atoms with Crippen molar-refractivity contribution < 1.29 is 9.53 Å². The zero-order valence-corrected chi connectivity index (χ0v) is 18.9. The third kappa shape index (κ3) is 4.51. The lowest BCUT2D eigenvalue weighted by Crippen LogP contribution is -2.24. The van der Waals surface area contributed by atoms with E-state index in [0.29, 0.717) is 21.8 Å². The highest BCUT2D eigenvalue weighted by atomic mass is 35.5. The molecule has 2 aromatic carbocycles. The number of fused-ring (bicyclic) bond motifs is 1. The Morgan fingerprint density at radius 1 is 1.13 bits per heavy atom. The van der Waals surface area contributed by atoms with Crippen LogP contribution in [0.3, 0.4) is 0 Å². The first-order valence-corrected chi connectivity index (χ1v) is 10.2. The molecule has 5 nitrogen and oxygen atoms in total. The predicted molar refractivity (Wildman–Crippen MR) is 123 cm³/mol. The van der Waals surface area contributed by atoms with Gasteiger partial charge in [-0.05, 0) is 75.4 Å². The van der Waals surface area contributed by atoms with E-state index in [1.165, 1.54) is 4.57 Å². The molecule has 0 radical (unpaired) electrons. The third-order valence-electron chi connectivity index (χ3n) is 4.86. The zero-order valence-electron chi connectivity index (χ0n) is 18.2. The van der Waals surface area contributed by atoms with Crippen molar-refractivity contribution in [2.45, 2.75) is 46.3 Å². The van der Waals surface area contributed by atoms with Gasteiger partial charge in [0, 0.05) is 24.2 Å². The zero-order chi connectivity index (χ0) is 22.2. The second-order valence-electron chi connectivity index (χ2n) is 8.56. The maximum Gasteiger partial charge on any atom is 0.340 e. The van der Waals surface area contributed by atoms with Crippen molar-refractivity contribution in [3.05, 3.63) is 74.7 Å². The van der Waals surface area contributed by atoms with Crippen LogP contribution in [0.1, 0.15) is 55.2 Å². The predicted octanol–water partition coefficient (Wildman–Crippen LogP) is 5.63. The summed E-state index contributed by atoms with van der Waals surface area (Å²) in [5.41, 5.74) is 2.33. The molecule has 0 saturated heterocycles. The fraction of sp³-hybridized carbons (Fsp3) is 0.333. The van der Waals surface area contributed by atoms with E-state index < -0.39 is 5.60 Å². The van der Waals surface area contributed by atoms with Gasteiger partial charge in [0.05, 0.1) is 5.56 Å². The minimum absolute atomic E-state index is 0.135. The largest absolute Gasteiger partial charge is 0.456 e. The molecule has 1 aromatic heterocycles. The lowest BCUT2D eigenvalue weighted by atomic mass is 9.97.